The Kier molecular flexibility index (Phi) is 4.37. The normalized spacial score (nSPS) is 18.5. The number of pyridine rings is 1. The van der Waals surface area contributed by atoms with E-state index in [0.29, 0.717) is 0 Å². The predicted octanol–water partition coefficient (Wildman–Crippen LogP) is 2.95. The maximum atomic E-state index is 14.9. The molecule has 0 saturated heterocycles. The summed E-state index contributed by atoms with van der Waals surface area (Å²) in [7, 11) is 0. The molecule has 0 radical (unpaired) electrons. The van der Waals surface area contributed by atoms with Crippen molar-refractivity contribution in [3.05, 3.63) is 53.2 Å². The maximum absolute atomic E-state index is 14.9. The van der Waals surface area contributed by atoms with Crippen LogP contribution in [0.5, 0.6) is 0 Å². The molecule has 0 aliphatic heterocycles. The lowest BCUT2D eigenvalue weighted by Gasteiger charge is -2.28. The Labute approximate surface area is 149 Å². The molecule has 26 heavy (non-hydrogen) atoms. The summed E-state index contributed by atoms with van der Waals surface area (Å²) in [6.45, 7) is 2.80. The molecule has 0 amide bonds. The van der Waals surface area contributed by atoms with Crippen molar-refractivity contribution in [2.24, 2.45) is 5.73 Å². The molecular weight excluding hydrogens is 345 g/mol. The lowest BCUT2D eigenvalue weighted by Crippen LogP contribution is -2.52. The van der Waals surface area contributed by atoms with Crippen LogP contribution in [0.1, 0.15) is 37.9 Å². The van der Waals surface area contributed by atoms with Crippen molar-refractivity contribution in [2.75, 3.05) is 0 Å². The Bertz CT molecular complexity index is 826. The molecular formula is C19H21F3N2O2. The van der Waals surface area contributed by atoms with Gasteiger partial charge in [-0.25, -0.2) is 18.2 Å². The van der Waals surface area contributed by atoms with Gasteiger partial charge in [0.05, 0.1) is 5.60 Å². The fourth-order valence-corrected chi connectivity index (χ4v) is 2.89. The molecule has 0 spiro atoms. The summed E-state index contributed by atoms with van der Waals surface area (Å²) < 4.78 is 42.4. The van der Waals surface area contributed by atoms with Crippen LogP contribution < -0.4 is 5.73 Å². The minimum atomic E-state index is -2.14. The summed E-state index contributed by atoms with van der Waals surface area (Å²) in [5.74, 6) is -1.26. The first-order chi connectivity index (χ1) is 11.9. The van der Waals surface area contributed by atoms with Gasteiger partial charge in [-0.15, -0.1) is 0 Å². The van der Waals surface area contributed by atoms with E-state index >= 15 is 0 Å². The van der Waals surface area contributed by atoms with Crippen molar-refractivity contribution in [1.82, 2.24) is 4.98 Å². The van der Waals surface area contributed by atoms with Gasteiger partial charge in [-0.1, -0.05) is 0 Å². The Hall–Kier alpha value is -1.96. The predicted molar refractivity (Wildman–Crippen MR) is 90.7 cm³/mol. The van der Waals surface area contributed by atoms with Crippen molar-refractivity contribution in [1.29, 1.82) is 0 Å². The van der Waals surface area contributed by atoms with Crippen LogP contribution in [0.15, 0.2) is 30.3 Å². The minimum absolute atomic E-state index is 0.0682. The van der Waals surface area contributed by atoms with E-state index in [9.17, 15) is 23.4 Å². The molecule has 1 atom stereocenters. The van der Waals surface area contributed by atoms with Crippen LogP contribution in [0.25, 0.3) is 11.3 Å². The lowest BCUT2D eigenvalue weighted by molar-refractivity contribution is -0.0457. The Morgan fingerprint density at radius 3 is 2.23 bits per heavy atom. The summed E-state index contributed by atoms with van der Waals surface area (Å²) in [5.41, 5.74) is 0.376. The minimum Gasteiger partial charge on any atom is -0.386 e. The van der Waals surface area contributed by atoms with E-state index in [1.54, 1.807) is 0 Å². The number of alkyl halides is 1. The van der Waals surface area contributed by atoms with Crippen LogP contribution in [0.4, 0.5) is 13.2 Å². The van der Waals surface area contributed by atoms with E-state index < -0.39 is 28.6 Å². The zero-order chi connectivity index (χ0) is 19.3. The summed E-state index contributed by atoms with van der Waals surface area (Å²) in [5, 5.41) is 20.6. The number of benzene rings is 1. The van der Waals surface area contributed by atoms with Gasteiger partial charge in [0, 0.05) is 23.2 Å². The summed E-state index contributed by atoms with van der Waals surface area (Å²) in [6, 6.07) is 6.29. The van der Waals surface area contributed by atoms with Gasteiger partial charge in [0.25, 0.3) is 0 Å². The fraction of sp³-hybridized carbons (Fsp3) is 0.421. The van der Waals surface area contributed by atoms with Crippen molar-refractivity contribution >= 4 is 0 Å². The van der Waals surface area contributed by atoms with Gasteiger partial charge < -0.3 is 15.9 Å². The largest absolute Gasteiger partial charge is 0.386 e. The number of rotatable bonds is 5. The Morgan fingerprint density at radius 2 is 1.73 bits per heavy atom. The molecule has 0 bridgehead atoms. The SMILES string of the molecule is CC(C)(O)c1cc(C[C@](N)(O)C2(F)CC2)nc(-c2ccc(F)cc2)c1F. The zero-order valence-electron chi connectivity index (χ0n) is 14.6. The molecule has 7 heteroatoms. The van der Waals surface area contributed by atoms with E-state index in [-0.39, 0.29) is 41.8 Å². The van der Waals surface area contributed by atoms with E-state index in [4.69, 9.17) is 5.73 Å². The fourth-order valence-electron chi connectivity index (χ4n) is 2.89. The van der Waals surface area contributed by atoms with Crippen molar-refractivity contribution in [2.45, 2.75) is 50.1 Å². The third-order valence-corrected chi connectivity index (χ3v) is 4.70. The van der Waals surface area contributed by atoms with Crippen LogP contribution in [-0.4, -0.2) is 26.6 Å². The van der Waals surface area contributed by atoms with Gasteiger partial charge in [-0.05, 0) is 57.0 Å². The topological polar surface area (TPSA) is 79.4 Å². The van der Waals surface area contributed by atoms with Gasteiger partial charge in [0.2, 0.25) is 0 Å². The van der Waals surface area contributed by atoms with Crippen molar-refractivity contribution in [3.63, 3.8) is 0 Å². The van der Waals surface area contributed by atoms with Crippen LogP contribution >= 0.6 is 0 Å². The number of nitrogens with zero attached hydrogens (tertiary/aromatic N) is 1. The first-order valence-electron chi connectivity index (χ1n) is 8.31. The molecule has 4 N–H and O–H groups in total. The first kappa shape index (κ1) is 18.8. The molecule has 1 aromatic heterocycles. The first-order valence-corrected chi connectivity index (χ1v) is 8.31. The zero-order valence-corrected chi connectivity index (χ0v) is 14.6. The van der Waals surface area contributed by atoms with E-state index in [1.165, 1.54) is 32.0 Å². The van der Waals surface area contributed by atoms with Gasteiger partial charge in [0.1, 0.15) is 11.5 Å². The Balaban J connectivity index is 2.10. The smallest absolute Gasteiger partial charge is 0.155 e. The molecule has 1 fully saturated rings. The second-order valence-corrected chi connectivity index (χ2v) is 7.46. The highest BCUT2D eigenvalue weighted by Crippen LogP contribution is 2.47. The molecule has 3 rings (SSSR count). The van der Waals surface area contributed by atoms with Gasteiger partial charge in [-0.2, -0.15) is 0 Å². The van der Waals surface area contributed by atoms with E-state index in [1.807, 2.05) is 0 Å². The van der Waals surface area contributed by atoms with Gasteiger partial charge in [0.15, 0.2) is 17.2 Å². The highest BCUT2D eigenvalue weighted by Gasteiger charge is 2.58. The van der Waals surface area contributed by atoms with E-state index in [2.05, 4.69) is 4.98 Å². The number of nitrogens with two attached hydrogens (primary N) is 1. The number of halogens is 3. The number of hydrogen-bond donors (Lipinski definition) is 3. The van der Waals surface area contributed by atoms with Gasteiger partial charge in [-0.3, -0.25) is 0 Å². The monoisotopic (exact) mass is 366 g/mol. The quantitative estimate of drug-likeness (QED) is 0.711. The van der Waals surface area contributed by atoms with Gasteiger partial charge >= 0.3 is 0 Å². The molecule has 1 aliphatic rings. The molecule has 1 heterocycles. The second-order valence-electron chi connectivity index (χ2n) is 7.46. The van der Waals surface area contributed by atoms with Crippen LogP contribution in [-0.2, 0) is 12.0 Å². The maximum Gasteiger partial charge on any atom is 0.155 e. The summed E-state index contributed by atoms with van der Waals surface area (Å²) in [6.07, 6.45) is -0.0597. The molecule has 1 saturated carbocycles. The van der Waals surface area contributed by atoms with Crippen molar-refractivity contribution < 1.29 is 23.4 Å². The molecule has 1 aliphatic carbocycles. The number of aromatic nitrogens is 1. The average Bonchev–Trinajstić information content (AvgIpc) is 3.28. The third-order valence-electron chi connectivity index (χ3n) is 4.70. The van der Waals surface area contributed by atoms with Crippen LogP contribution in [0.2, 0.25) is 0 Å². The second kappa shape index (κ2) is 6.04. The average molecular weight is 366 g/mol. The highest BCUT2D eigenvalue weighted by atomic mass is 19.1. The highest BCUT2D eigenvalue weighted by molar-refractivity contribution is 5.61. The lowest BCUT2D eigenvalue weighted by atomic mass is 9.92. The van der Waals surface area contributed by atoms with Crippen LogP contribution in [0.3, 0.4) is 0 Å². The molecule has 4 nitrogen and oxygen atoms in total. The Morgan fingerprint density at radius 1 is 1.15 bits per heavy atom. The van der Waals surface area contributed by atoms with Crippen LogP contribution in [0, 0.1) is 11.6 Å². The molecule has 0 unspecified atom stereocenters. The summed E-state index contributed by atoms with van der Waals surface area (Å²) in [4.78, 5) is 4.16. The van der Waals surface area contributed by atoms with E-state index in [0.717, 1.165) is 12.1 Å². The van der Waals surface area contributed by atoms with Crippen molar-refractivity contribution in [3.8, 4) is 11.3 Å². The molecule has 1 aromatic carbocycles. The standard InChI is InChI=1S/C19H21F3N2O2/c1-17(2,25)14-9-13(10-19(23,26)18(22)7-8-18)24-16(15(14)21)11-3-5-12(20)6-4-11/h3-6,9,25-26H,7-8,10,23H2,1-2H3/t19-/m0/s1. The number of hydrogen-bond acceptors (Lipinski definition) is 4. The third kappa shape index (κ3) is 3.47. The summed E-state index contributed by atoms with van der Waals surface area (Å²) >= 11 is 0. The number of aliphatic hydroxyl groups is 2. The molecule has 2 aromatic rings. The molecule has 140 valence electrons.